The first-order valence-corrected chi connectivity index (χ1v) is 10.3. The third kappa shape index (κ3) is 30.6. The number of nitrogens with zero attached hydrogens (tertiary/aromatic N) is 3. The molecule has 0 atom stereocenters. The summed E-state index contributed by atoms with van der Waals surface area (Å²) < 4.78 is 0. The largest absolute Gasteiger partial charge is 0.480 e. The molecule has 0 aliphatic heterocycles. The van der Waals surface area contributed by atoms with E-state index in [-0.39, 0.29) is 39.3 Å². The Balaban J connectivity index is -0.000000574. The zero-order valence-electron chi connectivity index (χ0n) is 19.7. The number of hydrogen-bond donors (Lipinski definition) is 9. The van der Waals surface area contributed by atoms with Crippen LogP contribution in [0.1, 0.15) is 0 Å². The average Bonchev–Trinajstić information content (AvgIpc) is 2.70. The minimum atomic E-state index is -1.23. The van der Waals surface area contributed by atoms with E-state index in [1.165, 1.54) is 4.90 Å². The van der Waals surface area contributed by atoms with E-state index in [9.17, 15) is 28.8 Å². The smallest absolute Gasteiger partial charge is 0.317 e. The number of aliphatic carboxylic acids is 6. The lowest BCUT2D eigenvalue weighted by Gasteiger charge is -2.23. The molecule has 12 N–H and O–H groups in total. The van der Waals surface area contributed by atoms with Crippen LogP contribution in [-0.2, 0) is 28.8 Å². The Morgan fingerprint density at radius 3 is 0.722 bits per heavy atom. The van der Waals surface area contributed by atoms with Gasteiger partial charge in [0, 0.05) is 39.3 Å². The molecule has 0 aliphatic rings. The molecule has 0 saturated heterocycles. The fourth-order valence-electron chi connectivity index (χ4n) is 2.26. The number of rotatable bonds is 18. The topological polar surface area (TPSA) is 312 Å². The van der Waals surface area contributed by atoms with E-state index in [0.29, 0.717) is 13.1 Å². The highest BCUT2D eigenvalue weighted by Crippen LogP contribution is 1.94. The molecule has 0 amide bonds. The van der Waals surface area contributed by atoms with E-state index in [2.05, 4.69) is 0 Å². The van der Waals surface area contributed by atoms with Crippen LogP contribution in [0.25, 0.3) is 0 Å². The highest BCUT2D eigenvalue weighted by molar-refractivity contribution is 5.73. The van der Waals surface area contributed by atoms with E-state index in [1.807, 2.05) is 0 Å². The standard InChI is InChI=1S/C10H16N2O8.C6H12N2O4.C2H8N2/c13-7(14)3-11(4-8(15)16)1-2-12(5-9(17)18)6-10(19)20;7-1-2-8(3-5(9)10)4-6(11)12;3-1-2-4/h1-6H2,(H,13,14)(H,15,16)(H,17,18)(H,19,20);1-4,7H2,(H,9,10)(H,11,12);1-4H2. The second-order valence-corrected chi connectivity index (χ2v) is 6.86. The van der Waals surface area contributed by atoms with Crippen LogP contribution in [0, 0.1) is 0 Å². The summed E-state index contributed by atoms with van der Waals surface area (Å²) in [6.07, 6.45) is 0. The van der Waals surface area contributed by atoms with Gasteiger partial charge in [-0.2, -0.15) is 0 Å². The van der Waals surface area contributed by atoms with Crippen molar-refractivity contribution < 1.29 is 59.4 Å². The van der Waals surface area contributed by atoms with Crippen LogP contribution in [0.15, 0.2) is 0 Å². The zero-order chi connectivity index (χ0) is 28.7. The molecular formula is C18H36N6O12. The molecule has 0 rings (SSSR count). The van der Waals surface area contributed by atoms with Crippen LogP contribution in [0.2, 0.25) is 0 Å². The molecule has 0 unspecified atom stereocenters. The quantitative estimate of drug-likeness (QED) is 0.0805. The van der Waals surface area contributed by atoms with Crippen molar-refractivity contribution in [2.24, 2.45) is 17.2 Å². The van der Waals surface area contributed by atoms with E-state index in [4.69, 9.17) is 47.8 Å². The molecule has 0 aromatic rings. The SMILES string of the molecule is NCCN.NCCN(CC(=O)O)CC(=O)O.O=C(O)CN(CCN(CC(=O)O)CC(=O)O)CC(=O)O. The summed E-state index contributed by atoms with van der Waals surface area (Å²) in [5.74, 6) is -7.01. The summed E-state index contributed by atoms with van der Waals surface area (Å²) in [6.45, 7) is -1.11. The molecule has 0 heterocycles. The molecule has 18 heteroatoms. The highest BCUT2D eigenvalue weighted by Gasteiger charge is 2.18. The normalized spacial score (nSPS) is 10.2. The van der Waals surface area contributed by atoms with E-state index >= 15 is 0 Å². The van der Waals surface area contributed by atoms with Crippen LogP contribution in [-0.4, -0.2) is 160 Å². The predicted molar refractivity (Wildman–Crippen MR) is 122 cm³/mol. The van der Waals surface area contributed by atoms with Gasteiger partial charge in [-0.15, -0.1) is 0 Å². The molecule has 0 bridgehead atoms. The molecule has 210 valence electrons. The van der Waals surface area contributed by atoms with Crippen molar-refractivity contribution in [1.29, 1.82) is 0 Å². The Bertz CT molecular complexity index is 607. The first kappa shape index (κ1) is 37.1. The maximum Gasteiger partial charge on any atom is 0.317 e. The van der Waals surface area contributed by atoms with Gasteiger partial charge in [0.25, 0.3) is 0 Å². The maximum absolute atomic E-state index is 10.6. The van der Waals surface area contributed by atoms with Crippen molar-refractivity contribution in [2.75, 3.05) is 78.5 Å². The van der Waals surface area contributed by atoms with Crippen molar-refractivity contribution in [3.63, 3.8) is 0 Å². The van der Waals surface area contributed by atoms with Gasteiger partial charge in [0.1, 0.15) is 0 Å². The lowest BCUT2D eigenvalue weighted by atomic mass is 10.4. The first-order valence-electron chi connectivity index (χ1n) is 10.3. The van der Waals surface area contributed by atoms with E-state index < -0.39 is 62.0 Å². The van der Waals surface area contributed by atoms with Crippen molar-refractivity contribution in [3.05, 3.63) is 0 Å². The minimum Gasteiger partial charge on any atom is -0.480 e. The second-order valence-electron chi connectivity index (χ2n) is 6.86. The highest BCUT2D eigenvalue weighted by atomic mass is 16.4. The second kappa shape index (κ2) is 23.3. The Kier molecular flexibility index (Phi) is 24.1. The van der Waals surface area contributed by atoms with Crippen LogP contribution in [0.4, 0.5) is 0 Å². The molecule has 0 aromatic carbocycles. The van der Waals surface area contributed by atoms with Crippen LogP contribution in [0.5, 0.6) is 0 Å². The van der Waals surface area contributed by atoms with Gasteiger partial charge in [-0.3, -0.25) is 43.5 Å². The lowest BCUT2D eigenvalue weighted by molar-refractivity contribution is -0.145. The van der Waals surface area contributed by atoms with Gasteiger partial charge in [0.15, 0.2) is 0 Å². The summed E-state index contributed by atoms with van der Waals surface area (Å²) in [6, 6.07) is 0. The number of hydrogen-bond acceptors (Lipinski definition) is 12. The Hall–Kier alpha value is -3.42. The molecule has 0 aliphatic carbocycles. The van der Waals surface area contributed by atoms with E-state index in [0.717, 1.165) is 9.80 Å². The third-order valence-electron chi connectivity index (χ3n) is 3.50. The zero-order valence-corrected chi connectivity index (χ0v) is 19.7. The van der Waals surface area contributed by atoms with Gasteiger partial charge in [-0.25, -0.2) is 0 Å². The Morgan fingerprint density at radius 1 is 0.389 bits per heavy atom. The summed E-state index contributed by atoms with van der Waals surface area (Å²) in [5.41, 5.74) is 15.0. The number of nitrogens with two attached hydrogens (primary N) is 3. The number of carboxylic acid groups (broad SMARTS) is 6. The van der Waals surface area contributed by atoms with Gasteiger partial charge in [0.05, 0.1) is 39.3 Å². The summed E-state index contributed by atoms with van der Waals surface area (Å²) >= 11 is 0. The van der Waals surface area contributed by atoms with Gasteiger partial charge < -0.3 is 47.8 Å². The van der Waals surface area contributed by atoms with Gasteiger partial charge in [0.2, 0.25) is 0 Å². The number of carbonyl (C=O) groups is 6. The van der Waals surface area contributed by atoms with Crippen molar-refractivity contribution >= 4 is 35.8 Å². The van der Waals surface area contributed by atoms with Gasteiger partial charge in [-0.05, 0) is 0 Å². The maximum atomic E-state index is 10.6. The van der Waals surface area contributed by atoms with Gasteiger partial charge >= 0.3 is 35.8 Å². The fraction of sp³-hybridized carbons (Fsp3) is 0.667. The van der Waals surface area contributed by atoms with Crippen LogP contribution in [0.3, 0.4) is 0 Å². The number of carboxylic acids is 6. The van der Waals surface area contributed by atoms with Gasteiger partial charge in [-0.1, -0.05) is 0 Å². The molecule has 0 aromatic heterocycles. The average molecular weight is 529 g/mol. The lowest BCUT2D eigenvalue weighted by Crippen LogP contribution is -2.43. The predicted octanol–water partition coefficient (Wildman–Crippen LogP) is -4.75. The molecular weight excluding hydrogens is 492 g/mol. The summed E-state index contributed by atoms with van der Waals surface area (Å²) in [4.78, 5) is 66.0. The molecule has 0 fully saturated rings. The third-order valence-corrected chi connectivity index (χ3v) is 3.50. The van der Waals surface area contributed by atoms with Crippen molar-refractivity contribution in [2.45, 2.75) is 0 Å². The van der Waals surface area contributed by atoms with Crippen molar-refractivity contribution in [1.82, 2.24) is 14.7 Å². The molecule has 0 radical (unpaired) electrons. The minimum absolute atomic E-state index is 0.0703. The molecule has 18 nitrogen and oxygen atoms in total. The Morgan fingerprint density at radius 2 is 0.583 bits per heavy atom. The summed E-state index contributed by atoms with van der Waals surface area (Å²) in [7, 11) is 0. The first-order chi connectivity index (χ1) is 16.7. The fourth-order valence-corrected chi connectivity index (χ4v) is 2.26. The Labute approximate surface area is 206 Å². The van der Waals surface area contributed by atoms with Crippen molar-refractivity contribution in [3.8, 4) is 0 Å². The van der Waals surface area contributed by atoms with E-state index in [1.54, 1.807) is 0 Å². The molecule has 36 heavy (non-hydrogen) atoms. The monoisotopic (exact) mass is 528 g/mol. The molecule has 0 saturated carbocycles. The molecule has 0 spiro atoms. The summed E-state index contributed by atoms with van der Waals surface area (Å²) in [5, 5.41) is 51.2. The van der Waals surface area contributed by atoms with Crippen LogP contribution < -0.4 is 17.2 Å². The van der Waals surface area contributed by atoms with Crippen LogP contribution >= 0.6 is 0 Å².